The molecule has 104 valence electrons. The number of phenols is 1. The van der Waals surface area contributed by atoms with Gasteiger partial charge in [-0.3, -0.25) is 0 Å². The van der Waals surface area contributed by atoms with Gasteiger partial charge in [0.25, 0.3) is 6.43 Å². The quantitative estimate of drug-likeness (QED) is 0.842. The van der Waals surface area contributed by atoms with Crippen LogP contribution in [0.3, 0.4) is 0 Å². The molecule has 0 fully saturated rings. The van der Waals surface area contributed by atoms with Gasteiger partial charge in [-0.1, -0.05) is 12.1 Å². The van der Waals surface area contributed by atoms with E-state index in [0.717, 1.165) is 18.2 Å². The molecule has 0 amide bonds. The number of benzene rings is 1. The molecule has 1 rings (SSSR count). The number of ether oxygens (including phenoxy) is 1. The van der Waals surface area contributed by atoms with E-state index in [0.29, 0.717) is 0 Å². The summed E-state index contributed by atoms with van der Waals surface area (Å²) in [6.07, 6.45) is -8.03. The summed E-state index contributed by atoms with van der Waals surface area (Å²) in [5.74, 6) is -2.01. The van der Waals surface area contributed by atoms with Crippen LogP contribution in [0.5, 0.6) is 11.5 Å². The maximum atomic E-state index is 12.3. The van der Waals surface area contributed by atoms with Gasteiger partial charge < -0.3 is 15.6 Å². The predicted molar refractivity (Wildman–Crippen MR) is 55.0 cm³/mol. The minimum Gasteiger partial charge on any atom is -0.504 e. The lowest BCUT2D eigenvalue weighted by atomic mass is 10.1. The Morgan fingerprint density at radius 2 is 1.78 bits per heavy atom. The summed E-state index contributed by atoms with van der Waals surface area (Å²) >= 11 is 0. The highest BCUT2D eigenvalue weighted by Gasteiger charge is 2.33. The fourth-order valence-electron chi connectivity index (χ4n) is 1.15. The van der Waals surface area contributed by atoms with Gasteiger partial charge in [-0.25, -0.2) is 8.78 Å². The summed E-state index contributed by atoms with van der Waals surface area (Å²) in [5.41, 5.74) is 4.51. The monoisotopic (exact) mass is 293 g/mol. The number of hydrogen-bond donors (Lipinski definition) is 2. The van der Waals surface area contributed by atoms with E-state index in [1.54, 1.807) is 0 Å². The van der Waals surface area contributed by atoms with E-state index in [9.17, 15) is 27.1 Å². The Balaban J connectivity index is 0.00000289. The topological polar surface area (TPSA) is 55.5 Å². The van der Waals surface area contributed by atoms with Crippen molar-refractivity contribution < 1.29 is 31.8 Å². The Kier molecular flexibility index (Phi) is 5.62. The number of phenolic OH excluding ortho intramolecular Hbond substituents is 1. The molecule has 0 aliphatic carbocycles. The molecule has 0 heterocycles. The number of halogens is 6. The lowest BCUT2D eigenvalue weighted by Crippen LogP contribution is -2.20. The molecular weight excluding hydrogens is 285 g/mol. The van der Waals surface area contributed by atoms with Crippen LogP contribution in [0.1, 0.15) is 11.6 Å². The van der Waals surface area contributed by atoms with Crippen molar-refractivity contribution in [2.45, 2.75) is 18.8 Å². The first-order valence-electron chi connectivity index (χ1n) is 4.33. The molecule has 1 aromatic carbocycles. The Morgan fingerprint density at radius 1 is 1.22 bits per heavy atom. The highest BCUT2D eigenvalue weighted by atomic mass is 35.5. The summed E-state index contributed by atoms with van der Waals surface area (Å²) in [5, 5.41) is 9.33. The van der Waals surface area contributed by atoms with E-state index in [2.05, 4.69) is 4.74 Å². The summed E-state index contributed by atoms with van der Waals surface area (Å²) in [6, 6.07) is 0.935. The second-order valence-electron chi connectivity index (χ2n) is 3.10. The van der Waals surface area contributed by atoms with Gasteiger partial charge in [0, 0.05) is 5.56 Å². The van der Waals surface area contributed by atoms with E-state index in [1.807, 2.05) is 0 Å². The highest BCUT2D eigenvalue weighted by Crippen LogP contribution is 2.37. The minimum absolute atomic E-state index is 0. The Morgan fingerprint density at radius 3 is 2.22 bits per heavy atom. The van der Waals surface area contributed by atoms with Gasteiger partial charge >= 0.3 is 6.36 Å². The number of aromatic hydroxyl groups is 1. The summed E-state index contributed by atoms with van der Waals surface area (Å²) in [4.78, 5) is 0. The first-order valence-corrected chi connectivity index (χ1v) is 4.33. The molecule has 3 N–H and O–H groups in total. The third-order valence-corrected chi connectivity index (χ3v) is 1.89. The summed E-state index contributed by atoms with van der Waals surface area (Å²) < 4.78 is 63.7. The van der Waals surface area contributed by atoms with E-state index >= 15 is 0 Å². The van der Waals surface area contributed by atoms with Crippen molar-refractivity contribution in [3.63, 3.8) is 0 Å². The van der Waals surface area contributed by atoms with Gasteiger partial charge in [-0.05, 0) is 6.07 Å². The number of hydrogen-bond acceptors (Lipinski definition) is 3. The average molecular weight is 294 g/mol. The van der Waals surface area contributed by atoms with E-state index in [-0.39, 0.29) is 12.4 Å². The zero-order chi connectivity index (χ0) is 13.2. The molecule has 0 saturated heterocycles. The Bertz CT molecular complexity index is 399. The fourth-order valence-corrected chi connectivity index (χ4v) is 1.15. The number of para-hydroxylation sites is 1. The van der Waals surface area contributed by atoms with Crippen LogP contribution in [-0.4, -0.2) is 17.9 Å². The molecule has 18 heavy (non-hydrogen) atoms. The molecule has 0 aliphatic rings. The van der Waals surface area contributed by atoms with Crippen LogP contribution < -0.4 is 10.5 Å². The van der Waals surface area contributed by atoms with Gasteiger partial charge in [0.15, 0.2) is 11.5 Å². The third-order valence-electron chi connectivity index (χ3n) is 1.89. The second-order valence-corrected chi connectivity index (χ2v) is 3.10. The molecular formula is C9H9ClF5NO2. The lowest BCUT2D eigenvalue weighted by molar-refractivity contribution is -0.275. The molecule has 0 radical (unpaired) electrons. The minimum atomic E-state index is -5.02. The average Bonchev–Trinajstić information content (AvgIpc) is 2.18. The molecule has 0 bridgehead atoms. The first kappa shape index (κ1) is 16.7. The maximum absolute atomic E-state index is 12.3. The molecule has 1 atom stereocenters. The molecule has 0 spiro atoms. The lowest BCUT2D eigenvalue weighted by Gasteiger charge is -2.16. The van der Waals surface area contributed by atoms with Crippen LogP contribution in [0.4, 0.5) is 22.0 Å². The number of alkyl halides is 5. The van der Waals surface area contributed by atoms with Crippen molar-refractivity contribution in [3.05, 3.63) is 23.8 Å². The molecule has 3 nitrogen and oxygen atoms in total. The van der Waals surface area contributed by atoms with Crippen LogP contribution in [0.25, 0.3) is 0 Å². The standard InChI is InChI=1S/C9H8F5NO2.ClH/c10-8(11)6(15)4-2-1-3-5(7(4)16)17-9(12,13)14;/h1-3,6,8,16H,15H2;1H/t6-;/m1./s1. The molecule has 1 aromatic rings. The maximum Gasteiger partial charge on any atom is 0.573 e. The summed E-state index contributed by atoms with van der Waals surface area (Å²) in [6.45, 7) is 0. The summed E-state index contributed by atoms with van der Waals surface area (Å²) in [7, 11) is 0. The van der Waals surface area contributed by atoms with E-state index < -0.39 is 35.9 Å². The third kappa shape index (κ3) is 4.19. The number of rotatable bonds is 3. The molecule has 9 heteroatoms. The van der Waals surface area contributed by atoms with Crippen molar-refractivity contribution in [2.24, 2.45) is 5.73 Å². The van der Waals surface area contributed by atoms with Crippen LogP contribution in [0.15, 0.2) is 18.2 Å². The fraction of sp³-hybridized carbons (Fsp3) is 0.333. The van der Waals surface area contributed by atoms with Gasteiger partial charge in [0.1, 0.15) is 0 Å². The van der Waals surface area contributed by atoms with Crippen LogP contribution in [-0.2, 0) is 0 Å². The van der Waals surface area contributed by atoms with Gasteiger partial charge in [0.2, 0.25) is 0 Å². The van der Waals surface area contributed by atoms with Crippen LogP contribution in [0.2, 0.25) is 0 Å². The van der Waals surface area contributed by atoms with Crippen molar-refractivity contribution in [2.75, 3.05) is 0 Å². The SMILES string of the molecule is Cl.N[C@H](c1cccc(OC(F)(F)F)c1O)C(F)F. The smallest absolute Gasteiger partial charge is 0.504 e. The van der Waals surface area contributed by atoms with Crippen molar-refractivity contribution >= 4 is 12.4 Å². The Labute approximate surface area is 105 Å². The largest absolute Gasteiger partial charge is 0.573 e. The zero-order valence-electron chi connectivity index (χ0n) is 8.62. The number of nitrogens with two attached hydrogens (primary N) is 1. The van der Waals surface area contributed by atoms with Gasteiger partial charge in [-0.2, -0.15) is 0 Å². The highest BCUT2D eigenvalue weighted by molar-refractivity contribution is 5.85. The van der Waals surface area contributed by atoms with Crippen molar-refractivity contribution in [1.29, 1.82) is 0 Å². The van der Waals surface area contributed by atoms with Crippen molar-refractivity contribution in [1.82, 2.24) is 0 Å². The normalized spacial score (nSPS) is 13.1. The van der Waals surface area contributed by atoms with Crippen LogP contribution in [0, 0.1) is 0 Å². The van der Waals surface area contributed by atoms with E-state index in [1.165, 1.54) is 0 Å². The predicted octanol–water partition coefficient (Wildman–Crippen LogP) is 2.98. The molecule has 0 saturated carbocycles. The first-order chi connectivity index (χ1) is 7.72. The Hall–Kier alpha value is -1.28. The van der Waals surface area contributed by atoms with Crippen LogP contribution >= 0.6 is 12.4 Å². The van der Waals surface area contributed by atoms with E-state index in [4.69, 9.17) is 5.73 Å². The van der Waals surface area contributed by atoms with Gasteiger partial charge in [0.05, 0.1) is 6.04 Å². The molecule has 0 aromatic heterocycles. The van der Waals surface area contributed by atoms with Crippen molar-refractivity contribution in [3.8, 4) is 11.5 Å². The second kappa shape index (κ2) is 6.05. The zero-order valence-corrected chi connectivity index (χ0v) is 9.43. The molecule has 0 unspecified atom stereocenters. The van der Waals surface area contributed by atoms with Gasteiger partial charge in [-0.15, -0.1) is 25.6 Å². The molecule has 0 aliphatic heterocycles.